The molecule has 368 valence electrons. The highest BCUT2D eigenvalue weighted by Crippen LogP contribution is 2.16. The summed E-state index contributed by atoms with van der Waals surface area (Å²) in [5, 5.41) is 0. The Balaban J connectivity index is 4.30. The molecule has 0 rings (SSSR count). The number of carbonyl (C=O) groups excluding carboxylic acids is 3. The Morgan fingerprint density at radius 2 is 0.587 bits per heavy atom. The standard InChI is InChI=1S/C57H104O6/c1-4-7-10-13-16-19-22-24-26-27-28-29-31-32-35-38-41-44-47-50-56(59)62-53-54(52-61-55(58)49-46-43-40-37-34-21-18-15-12-9-6-3)63-57(60)51-48-45-42-39-36-33-30-25-23-20-17-14-11-8-5-2/h15-16,18-19,22,24,54H,4-14,17,20-21,23,25-53H2,1-3H3/b18-15-,19-16-,24-22-. The lowest BCUT2D eigenvalue weighted by atomic mass is 10.0. The smallest absolute Gasteiger partial charge is 0.306 e. The van der Waals surface area contributed by atoms with Crippen molar-refractivity contribution in [1.29, 1.82) is 0 Å². The van der Waals surface area contributed by atoms with Crippen molar-refractivity contribution in [2.24, 2.45) is 0 Å². The Kier molecular flexibility index (Phi) is 50.3. The Labute approximate surface area is 391 Å². The zero-order chi connectivity index (χ0) is 45.8. The van der Waals surface area contributed by atoms with Crippen LogP contribution in [0.15, 0.2) is 36.5 Å². The predicted molar refractivity (Wildman–Crippen MR) is 270 cm³/mol. The molecule has 0 heterocycles. The maximum Gasteiger partial charge on any atom is 0.306 e. The molecule has 0 aromatic rings. The first-order chi connectivity index (χ1) is 31.0. The van der Waals surface area contributed by atoms with Gasteiger partial charge in [-0.1, -0.05) is 243 Å². The molecule has 6 heteroatoms. The molecule has 0 aliphatic rings. The van der Waals surface area contributed by atoms with E-state index in [0.717, 1.165) is 64.2 Å². The zero-order valence-corrected chi connectivity index (χ0v) is 42.1. The Morgan fingerprint density at radius 1 is 0.317 bits per heavy atom. The molecular formula is C57H104O6. The van der Waals surface area contributed by atoms with Crippen LogP contribution >= 0.6 is 0 Å². The highest BCUT2D eigenvalue weighted by Gasteiger charge is 2.19. The van der Waals surface area contributed by atoms with Crippen molar-refractivity contribution in [2.75, 3.05) is 13.2 Å². The summed E-state index contributed by atoms with van der Waals surface area (Å²) in [6.45, 7) is 6.59. The maximum atomic E-state index is 12.8. The van der Waals surface area contributed by atoms with E-state index in [1.54, 1.807) is 0 Å². The fourth-order valence-electron chi connectivity index (χ4n) is 7.94. The van der Waals surface area contributed by atoms with Crippen LogP contribution in [-0.4, -0.2) is 37.2 Å². The molecule has 0 spiro atoms. The van der Waals surface area contributed by atoms with Crippen LogP contribution in [0.25, 0.3) is 0 Å². The van der Waals surface area contributed by atoms with Gasteiger partial charge >= 0.3 is 17.9 Å². The molecule has 6 nitrogen and oxygen atoms in total. The van der Waals surface area contributed by atoms with Gasteiger partial charge in [-0.05, 0) is 64.2 Å². The number of rotatable bonds is 50. The number of carbonyl (C=O) groups is 3. The highest BCUT2D eigenvalue weighted by molar-refractivity contribution is 5.71. The van der Waals surface area contributed by atoms with Gasteiger partial charge in [0.05, 0.1) is 0 Å². The van der Waals surface area contributed by atoms with Crippen LogP contribution < -0.4 is 0 Å². The summed E-state index contributed by atoms with van der Waals surface area (Å²) in [6.07, 6.45) is 61.3. The number of hydrogen-bond acceptors (Lipinski definition) is 6. The molecule has 0 N–H and O–H groups in total. The summed E-state index contributed by atoms with van der Waals surface area (Å²) in [5.41, 5.74) is 0. The third-order valence-electron chi connectivity index (χ3n) is 12.1. The second kappa shape index (κ2) is 52.3. The molecule has 0 radical (unpaired) electrons. The van der Waals surface area contributed by atoms with Crippen LogP contribution in [-0.2, 0) is 28.6 Å². The van der Waals surface area contributed by atoms with Crippen LogP contribution in [0.4, 0.5) is 0 Å². The van der Waals surface area contributed by atoms with Gasteiger partial charge in [-0.25, -0.2) is 0 Å². The van der Waals surface area contributed by atoms with Gasteiger partial charge in [0.2, 0.25) is 0 Å². The van der Waals surface area contributed by atoms with E-state index in [1.165, 1.54) is 186 Å². The molecule has 1 atom stereocenters. The molecule has 0 aromatic heterocycles. The van der Waals surface area contributed by atoms with E-state index < -0.39 is 6.10 Å². The lowest BCUT2D eigenvalue weighted by molar-refractivity contribution is -0.167. The number of hydrogen-bond donors (Lipinski definition) is 0. The van der Waals surface area contributed by atoms with E-state index in [4.69, 9.17) is 14.2 Å². The van der Waals surface area contributed by atoms with E-state index in [1.807, 2.05) is 0 Å². The molecular weight excluding hydrogens is 781 g/mol. The van der Waals surface area contributed by atoms with E-state index in [-0.39, 0.29) is 31.1 Å². The van der Waals surface area contributed by atoms with E-state index in [9.17, 15) is 14.4 Å². The molecule has 0 aliphatic carbocycles. The third-order valence-corrected chi connectivity index (χ3v) is 12.1. The average molecular weight is 885 g/mol. The lowest BCUT2D eigenvalue weighted by Crippen LogP contribution is -2.30. The summed E-state index contributed by atoms with van der Waals surface area (Å²) in [5.74, 6) is -0.872. The second-order valence-electron chi connectivity index (χ2n) is 18.5. The molecule has 0 saturated heterocycles. The summed E-state index contributed by atoms with van der Waals surface area (Å²) >= 11 is 0. The van der Waals surface area contributed by atoms with E-state index in [2.05, 4.69) is 57.2 Å². The van der Waals surface area contributed by atoms with Crippen molar-refractivity contribution in [3.05, 3.63) is 36.5 Å². The van der Waals surface area contributed by atoms with Crippen molar-refractivity contribution in [3.8, 4) is 0 Å². The van der Waals surface area contributed by atoms with Crippen molar-refractivity contribution < 1.29 is 28.6 Å². The summed E-state index contributed by atoms with van der Waals surface area (Å²) < 4.78 is 16.8. The monoisotopic (exact) mass is 885 g/mol. The molecule has 0 aromatic carbocycles. The van der Waals surface area contributed by atoms with Crippen LogP contribution in [0.5, 0.6) is 0 Å². The molecule has 63 heavy (non-hydrogen) atoms. The summed E-state index contributed by atoms with van der Waals surface area (Å²) in [6, 6.07) is 0. The molecule has 1 unspecified atom stereocenters. The Bertz CT molecular complexity index is 1060. The highest BCUT2D eigenvalue weighted by atomic mass is 16.6. The molecule has 0 amide bonds. The molecule has 0 saturated carbocycles. The van der Waals surface area contributed by atoms with Gasteiger partial charge in [0.25, 0.3) is 0 Å². The molecule has 0 fully saturated rings. The average Bonchev–Trinajstić information content (AvgIpc) is 3.28. The number of allylic oxidation sites excluding steroid dienone is 6. The van der Waals surface area contributed by atoms with E-state index >= 15 is 0 Å². The first-order valence-corrected chi connectivity index (χ1v) is 27.5. The van der Waals surface area contributed by atoms with Gasteiger partial charge in [-0.3, -0.25) is 14.4 Å². The van der Waals surface area contributed by atoms with Gasteiger partial charge in [0.15, 0.2) is 6.10 Å². The first-order valence-electron chi connectivity index (χ1n) is 27.5. The van der Waals surface area contributed by atoms with Crippen LogP contribution in [0.2, 0.25) is 0 Å². The van der Waals surface area contributed by atoms with Crippen LogP contribution in [0.3, 0.4) is 0 Å². The van der Waals surface area contributed by atoms with Gasteiger partial charge < -0.3 is 14.2 Å². The predicted octanol–water partition coefficient (Wildman–Crippen LogP) is 18.1. The normalized spacial score (nSPS) is 12.2. The third kappa shape index (κ3) is 50.5. The van der Waals surface area contributed by atoms with Gasteiger partial charge in [0.1, 0.15) is 13.2 Å². The van der Waals surface area contributed by atoms with Crippen molar-refractivity contribution in [1.82, 2.24) is 0 Å². The Hall–Kier alpha value is -2.37. The summed E-state index contributed by atoms with van der Waals surface area (Å²) in [7, 11) is 0. The number of ether oxygens (including phenoxy) is 3. The Morgan fingerprint density at radius 3 is 0.968 bits per heavy atom. The molecule has 0 aliphatic heterocycles. The summed E-state index contributed by atoms with van der Waals surface area (Å²) in [4.78, 5) is 38.0. The quantitative estimate of drug-likeness (QED) is 0.0199. The minimum atomic E-state index is -0.772. The zero-order valence-electron chi connectivity index (χ0n) is 42.1. The minimum absolute atomic E-state index is 0.0734. The van der Waals surface area contributed by atoms with Crippen molar-refractivity contribution in [3.63, 3.8) is 0 Å². The van der Waals surface area contributed by atoms with Gasteiger partial charge in [0, 0.05) is 19.3 Å². The topological polar surface area (TPSA) is 78.9 Å². The van der Waals surface area contributed by atoms with E-state index in [0.29, 0.717) is 19.3 Å². The lowest BCUT2D eigenvalue weighted by Gasteiger charge is -2.18. The minimum Gasteiger partial charge on any atom is -0.462 e. The van der Waals surface area contributed by atoms with Crippen molar-refractivity contribution >= 4 is 17.9 Å². The first kappa shape index (κ1) is 60.6. The van der Waals surface area contributed by atoms with Gasteiger partial charge in [-0.15, -0.1) is 0 Å². The number of unbranched alkanes of at least 4 members (excludes halogenated alkanes) is 34. The van der Waals surface area contributed by atoms with Gasteiger partial charge in [-0.2, -0.15) is 0 Å². The number of esters is 3. The fourth-order valence-corrected chi connectivity index (χ4v) is 7.94. The van der Waals surface area contributed by atoms with Crippen LogP contribution in [0, 0.1) is 0 Å². The molecule has 0 bridgehead atoms. The second-order valence-corrected chi connectivity index (χ2v) is 18.5. The van der Waals surface area contributed by atoms with Crippen molar-refractivity contribution in [2.45, 2.75) is 297 Å². The fraction of sp³-hybridized carbons (Fsp3) is 0.842. The SMILES string of the molecule is CCCC/C=C\CCCCCCCC(=O)OCC(COC(=O)CCCCCCCCCCCC/C=C\C=C/CCCCC)OC(=O)CCCCCCCCCCCCCCCCC. The largest absolute Gasteiger partial charge is 0.462 e. The van der Waals surface area contributed by atoms with Crippen LogP contribution in [0.1, 0.15) is 290 Å². The maximum absolute atomic E-state index is 12.8.